The van der Waals surface area contributed by atoms with Gasteiger partial charge >= 0.3 is 0 Å². The molecule has 0 aliphatic heterocycles. The van der Waals surface area contributed by atoms with E-state index in [0.29, 0.717) is 16.1 Å². The number of aliphatic hydroxyl groups excluding tert-OH is 1. The van der Waals surface area contributed by atoms with Crippen LogP contribution < -0.4 is 4.72 Å². The number of sulfonamides is 1. The van der Waals surface area contributed by atoms with Crippen LogP contribution in [-0.4, -0.2) is 20.1 Å². The number of hydrogen-bond donors (Lipinski definition) is 2. The molecule has 1 aromatic carbocycles. The molecular formula is C14H10N2O3S2. The largest absolute Gasteiger partial charge is 0.384 e. The highest BCUT2D eigenvalue weighted by atomic mass is 32.2. The van der Waals surface area contributed by atoms with Crippen molar-refractivity contribution in [1.29, 1.82) is 5.26 Å². The van der Waals surface area contributed by atoms with E-state index in [4.69, 9.17) is 10.4 Å². The Morgan fingerprint density at radius 2 is 2.00 bits per heavy atom. The minimum absolute atomic E-state index is 0.0592. The molecular weight excluding hydrogens is 308 g/mol. The van der Waals surface area contributed by atoms with Crippen LogP contribution in [0.5, 0.6) is 0 Å². The van der Waals surface area contributed by atoms with Gasteiger partial charge in [0.25, 0.3) is 10.0 Å². The van der Waals surface area contributed by atoms with Crippen molar-refractivity contribution >= 4 is 27.0 Å². The van der Waals surface area contributed by atoms with Crippen LogP contribution in [0.25, 0.3) is 0 Å². The van der Waals surface area contributed by atoms with Crippen LogP contribution >= 0.6 is 11.3 Å². The van der Waals surface area contributed by atoms with Crippen molar-refractivity contribution in [2.24, 2.45) is 0 Å². The number of aliphatic hydroxyl groups is 1. The van der Waals surface area contributed by atoms with Crippen LogP contribution in [0.2, 0.25) is 0 Å². The van der Waals surface area contributed by atoms with E-state index in [0.717, 1.165) is 11.3 Å². The molecule has 0 unspecified atom stereocenters. The van der Waals surface area contributed by atoms with Crippen LogP contribution in [-0.2, 0) is 10.0 Å². The molecule has 0 amide bonds. The summed E-state index contributed by atoms with van der Waals surface area (Å²) in [5.74, 6) is 5.15. The quantitative estimate of drug-likeness (QED) is 0.844. The first kappa shape index (κ1) is 15.1. The van der Waals surface area contributed by atoms with Crippen LogP contribution in [0.15, 0.2) is 40.6 Å². The maximum absolute atomic E-state index is 12.2. The van der Waals surface area contributed by atoms with Crippen molar-refractivity contribution in [3.63, 3.8) is 0 Å². The second-order valence-electron chi connectivity index (χ2n) is 3.84. The number of nitrogens with zero attached hydrogens (tertiary/aromatic N) is 1. The van der Waals surface area contributed by atoms with Gasteiger partial charge in [-0.15, -0.1) is 11.3 Å². The summed E-state index contributed by atoms with van der Waals surface area (Å²) >= 11 is 0.895. The Bertz CT molecular complexity index is 852. The van der Waals surface area contributed by atoms with E-state index in [1.54, 1.807) is 24.3 Å². The molecule has 2 rings (SSSR count). The minimum atomic E-state index is -3.76. The van der Waals surface area contributed by atoms with E-state index in [-0.39, 0.29) is 10.8 Å². The zero-order valence-electron chi connectivity index (χ0n) is 10.7. The first-order valence-electron chi connectivity index (χ1n) is 5.78. The molecule has 2 N–H and O–H groups in total. The highest BCUT2D eigenvalue weighted by Crippen LogP contribution is 2.24. The minimum Gasteiger partial charge on any atom is -0.384 e. The molecule has 0 fully saturated rings. The SMILES string of the molecule is N#Cc1ccc(S(=O)(=O)Nc2ccccc2C#CCO)s1. The molecule has 1 heterocycles. The van der Waals surface area contributed by atoms with Gasteiger partial charge in [-0.2, -0.15) is 5.26 Å². The van der Waals surface area contributed by atoms with E-state index in [2.05, 4.69) is 16.6 Å². The summed E-state index contributed by atoms with van der Waals surface area (Å²) in [7, 11) is -3.76. The van der Waals surface area contributed by atoms with Gasteiger partial charge in [0, 0.05) is 5.56 Å². The average Bonchev–Trinajstić information content (AvgIpc) is 2.96. The number of benzene rings is 1. The van der Waals surface area contributed by atoms with Crippen molar-refractivity contribution < 1.29 is 13.5 Å². The summed E-state index contributed by atoms with van der Waals surface area (Å²) in [5.41, 5.74) is 0.789. The highest BCUT2D eigenvalue weighted by Gasteiger charge is 2.18. The summed E-state index contributed by atoms with van der Waals surface area (Å²) in [6.07, 6.45) is 0. The molecule has 7 heteroatoms. The molecule has 0 aliphatic carbocycles. The third kappa shape index (κ3) is 3.61. The lowest BCUT2D eigenvalue weighted by molar-refractivity contribution is 0.350. The van der Waals surface area contributed by atoms with Crippen LogP contribution in [0, 0.1) is 23.2 Å². The molecule has 0 saturated heterocycles. The highest BCUT2D eigenvalue weighted by molar-refractivity contribution is 7.94. The van der Waals surface area contributed by atoms with Gasteiger partial charge in [-0.25, -0.2) is 8.42 Å². The van der Waals surface area contributed by atoms with Gasteiger partial charge in [0.2, 0.25) is 0 Å². The van der Waals surface area contributed by atoms with Crippen molar-refractivity contribution in [3.8, 4) is 17.9 Å². The van der Waals surface area contributed by atoms with Gasteiger partial charge in [0.15, 0.2) is 0 Å². The van der Waals surface area contributed by atoms with E-state index in [9.17, 15) is 8.42 Å². The third-order valence-corrected chi connectivity index (χ3v) is 5.28. The number of nitrogens with one attached hydrogen (secondary N) is 1. The second kappa shape index (κ2) is 6.42. The molecule has 0 saturated carbocycles. The maximum Gasteiger partial charge on any atom is 0.271 e. The fourth-order valence-corrected chi connectivity index (χ4v) is 3.72. The lowest BCUT2D eigenvalue weighted by Gasteiger charge is -2.08. The fourth-order valence-electron chi connectivity index (χ4n) is 1.54. The van der Waals surface area contributed by atoms with Crippen LogP contribution in [0.1, 0.15) is 10.4 Å². The van der Waals surface area contributed by atoms with E-state index < -0.39 is 10.0 Å². The predicted octanol–water partition coefficient (Wildman–Crippen LogP) is 1.76. The van der Waals surface area contributed by atoms with E-state index in [1.807, 2.05) is 6.07 Å². The molecule has 0 atom stereocenters. The third-order valence-electron chi connectivity index (χ3n) is 2.43. The van der Waals surface area contributed by atoms with Crippen molar-refractivity contribution in [1.82, 2.24) is 0 Å². The van der Waals surface area contributed by atoms with Crippen LogP contribution in [0.4, 0.5) is 5.69 Å². The monoisotopic (exact) mass is 318 g/mol. The molecule has 0 bridgehead atoms. The lowest BCUT2D eigenvalue weighted by atomic mass is 10.2. The predicted molar refractivity (Wildman–Crippen MR) is 80.2 cm³/mol. The Balaban J connectivity index is 2.35. The average molecular weight is 318 g/mol. The molecule has 5 nitrogen and oxygen atoms in total. The first-order chi connectivity index (χ1) is 10.1. The Morgan fingerprint density at radius 1 is 1.24 bits per heavy atom. The van der Waals surface area contributed by atoms with Gasteiger partial charge in [-0.05, 0) is 24.3 Å². The Hall–Kier alpha value is -2.32. The van der Waals surface area contributed by atoms with Gasteiger partial charge in [-0.1, -0.05) is 24.0 Å². The standard InChI is InChI=1S/C14H10N2O3S2/c15-10-12-7-8-14(20-12)21(18,19)16-13-6-2-1-4-11(13)5-3-9-17/h1-2,4,6-8,16-17H,9H2. The summed E-state index contributed by atoms with van der Waals surface area (Å²) in [6, 6.07) is 11.4. The summed E-state index contributed by atoms with van der Waals surface area (Å²) in [4.78, 5) is 0.323. The van der Waals surface area contributed by atoms with Crippen molar-refractivity contribution in [2.45, 2.75) is 4.21 Å². The molecule has 0 aliphatic rings. The number of hydrogen-bond acceptors (Lipinski definition) is 5. The normalized spacial score (nSPS) is 10.3. The zero-order chi connectivity index (χ0) is 15.3. The molecule has 1 aromatic heterocycles. The molecule has 106 valence electrons. The van der Waals surface area contributed by atoms with E-state index in [1.165, 1.54) is 12.1 Å². The van der Waals surface area contributed by atoms with Crippen LogP contribution in [0.3, 0.4) is 0 Å². The van der Waals surface area contributed by atoms with Crippen molar-refractivity contribution in [3.05, 3.63) is 46.8 Å². The molecule has 21 heavy (non-hydrogen) atoms. The lowest BCUT2D eigenvalue weighted by Crippen LogP contribution is -2.12. The zero-order valence-corrected chi connectivity index (χ0v) is 12.3. The molecule has 0 radical (unpaired) electrons. The number of rotatable bonds is 3. The first-order valence-corrected chi connectivity index (χ1v) is 8.08. The Kier molecular flexibility index (Phi) is 4.61. The summed E-state index contributed by atoms with van der Waals surface area (Å²) in [5, 5.41) is 17.5. The number of anilines is 1. The summed E-state index contributed by atoms with van der Waals surface area (Å²) < 4.78 is 27.0. The maximum atomic E-state index is 12.2. The second-order valence-corrected chi connectivity index (χ2v) is 6.83. The van der Waals surface area contributed by atoms with E-state index >= 15 is 0 Å². The van der Waals surface area contributed by atoms with Gasteiger partial charge in [0.05, 0.1) is 5.69 Å². The van der Waals surface area contributed by atoms with Gasteiger partial charge in [0.1, 0.15) is 21.8 Å². The van der Waals surface area contributed by atoms with Gasteiger partial charge in [-0.3, -0.25) is 4.72 Å². The number of para-hydroxylation sites is 1. The smallest absolute Gasteiger partial charge is 0.271 e. The molecule has 0 spiro atoms. The number of nitriles is 1. The molecule has 2 aromatic rings. The number of thiophene rings is 1. The fraction of sp³-hybridized carbons (Fsp3) is 0.0714. The Labute approximate surface area is 126 Å². The topological polar surface area (TPSA) is 90.2 Å². The summed E-state index contributed by atoms with van der Waals surface area (Å²) in [6.45, 7) is -0.308. The Morgan fingerprint density at radius 3 is 2.67 bits per heavy atom. The van der Waals surface area contributed by atoms with Crippen molar-refractivity contribution in [2.75, 3.05) is 11.3 Å². The van der Waals surface area contributed by atoms with Gasteiger partial charge < -0.3 is 5.11 Å².